The number of fused-ring (bicyclic) bond motifs is 1. The van der Waals surface area contributed by atoms with Gasteiger partial charge in [0.15, 0.2) is 17.6 Å². The lowest BCUT2D eigenvalue weighted by atomic mass is 9.92. The molecule has 0 radical (unpaired) electrons. The van der Waals surface area contributed by atoms with Gasteiger partial charge >= 0.3 is 5.63 Å². The highest BCUT2D eigenvalue weighted by molar-refractivity contribution is 5.97. The van der Waals surface area contributed by atoms with Gasteiger partial charge in [0, 0.05) is 10.9 Å². The lowest BCUT2D eigenvalue weighted by Crippen LogP contribution is -2.30. The molecular formula is C25H29NO6. The van der Waals surface area contributed by atoms with E-state index in [0.29, 0.717) is 40.0 Å². The van der Waals surface area contributed by atoms with Crippen LogP contribution in [0.1, 0.15) is 40.4 Å². The maximum Gasteiger partial charge on any atom is 0.343 e. The normalized spacial score (nSPS) is 12.7. The second kappa shape index (κ2) is 9.04. The van der Waals surface area contributed by atoms with Gasteiger partial charge in [-0.2, -0.15) is 0 Å². The summed E-state index contributed by atoms with van der Waals surface area (Å²) in [6.07, 6.45) is -0.883. The molecule has 1 aromatic heterocycles. The first-order chi connectivity index (χ1) is 15.0. The second-order valence-corrected chi connectivity index (χ2v) is 8.73. The molecular weight excluding hydrogens is 410 g/mol. The predicted molar refractivity (Wildman–Crippen MR) is 123 cm³/mol. The van der Waals surface area contributed by atoms with E-state index in [1.165, 1.54) is 0 Å². The van der Waals surface area contributed by atoms with Gasteiger partial charge in [-0.05, 0) is 50.5 Å². The van der Waals surface area contributed by atoms with Crippen molar-refractivity contribution in [3.8, 4) is 22.6 Å². The zero-order chi connectivity index (χ0) is 23.6. The van der Waals surface area contributed by atoms with E-state index >= 15 is 0 Å². The van der Waals surface area contributed by atoms with Crippen LogP contribution < -0.4 is 20.8 Å². The van der Waals surface area contributed by atoms with Crippen LogP contribution in [-0.4, -0.2) is 23.7 Å². The summed E-state index contributed by atoms with van der Waals surface area (Å²) in [6, 6.07) is 12.3. The van der Waals surface area contributed by atoms with E-state index in [-0.39, 0.29) is 11.7 Å². The average Bonchev–Trinajstić information content (AvgIpc) is 2.72. The van der Waals surface area contributed by atoms with Gasteiger partial charge in [-0.3, -0.25) is 4.79 Å². The second-order valence-electron chi connectivity index (χ2n) is 8.73. The number of hydrogen-bond acceptors (Lipinski definition) is 6. The smallest absolute Gasteiger partial charge is 0.343 e. The molecule has 1 amide bonds. The molecule has 1 atom stereocenters. The molecule has 0 aliphatic rings. The summed E-state index contributed by atoms with van der Waals surface area (Å²) in [5.41, 5.74) is 4.62. The summed E-state index contributed by atoms with van der Waals surface area (Å²) in [5.74, 6) is 0.586. The van der Waals surface area contributed by atoms with Crippen molar-refractivity contribution in [2.24, 2.45) is 11.7 Å². The summed E-state index contributed by atoms with van der Waals surface area (Å²) in [6.45, 7) is 9.16. The van der Waals surface area contributed by atoms with Crippen molar-refractivity contribution in [2.75, 3.05) is 6.61 Å². The topological polar surface area (TPSA) is 112 Å². The molecule has 3 aromatic rings. The highest BCUT2D eigenvalue weighted by Gasteiger charge is 2.28. The van der Waals surface area contributed by atoms with E-state index in [9.17, 15) is 14.7 Å². The Morgan fingerprint density at radius 3 is 2.34 bits per heavy atom. The Kier molecular flexibility index (Phi) is 6.60. The van der Waals surface area contributed by atoms with E-state index < -0.39 is 23.2 Å². The third-order valence-electron chi connectivity index (χ3n) is 4.90. The quantitative estimate of drug-likeness (QED) is 0.549. The summed E-state index contributed by atoms with van der Waals surface area (Å²) in [7, 11) is 0. The Hall–Kier alpha value is -3.32. The first-order valence-electron chi connectivity index (χ1n) is 10.5. The van der Waals surface area contributed by atoms with E-state index in [4.69, 9.17) is 19.6 Å². The minimum Gasteiger partial charge on any atom is -0.489 e. The van der Waals surface area contributed by atoms with Crippen molar-refractivity contribution >= 4 is 16.7 Å². The van der Waals surface area contributed by atoms with Crippen LogP contribution in [0.2, 0.25) is 0 Å². The van der Waals surface area contributed by atoms with E-state index in [0.717, 1.165) is 0 Å². The SMILES string of the molecule is CC(C)COc1ccc(-c2c(C(C)(C)O)oc(=O)c3ccccc23)cc1OC(C)C(N)=O. The number of aliphatic hydroxyl groups is 1. The summed E-state index contributed by atoms with van der Waals surface area (Å²) in [5, 5.41) is 11.8. The molecule has 0 aliphatic heterocycles. The van der Waals surface area contributed by atoms with Gasteiger partial charge in [-0.1, -0.05) is 38.1 Å². The molecule has 3 N–H and O–H groups in total. The Balaban J connectivity index is 2.26. The van der Waals surface area contributed by atoms with Crippen molar-refractivity contribution in [3.05, 3.63) is 58.6 Å². The van der Waals surface area contributed by atoms with Crippen LogP contribution in [0, 0.1) is 5.92 Å². The fraction of sp³-hybridized carbons (Fsp3) is 0.360. The van der Waals surface area contributed by atoms with Crippen molar-refractivity contribution in [1.82, 2.24) is 0 Å². The molecule has 1 unspecified atom stereocenters. The van der Waals surface area contributed by atoms with E-state index in [1.807, 2.05) is 19.9 Å². The molecule has 0 saturated heterocycles. The number of carbonyl (C=O) groups excluding carboxylic acids is 1. The van der Waals surface area contributed by atoms with Crippen LogP contribution in [0.25, 0.3) is 21.9 Å². The third-order valence-corrected chi connectivity index (χ3v) is 4.90. The molecule has 7 heteroatoms. The number of ether oxygens (including phenoxy) is 2. The lowest BCUT2D eigenvalue weighted by Gasteiger charge is -2.22. The molecule has 170 valence electrons. The van der Waals surface area contributed by atoms with Crippen molar-refractivity contribution in [2.45, 2.75) is 46.3 Å². The van der Waals surface area contributed by atoms with Crippen LogP contribution in [0.4, 0.5) is 0 Å². The van der Waals surface area contributed by atoms with E-state index in [1.54, 1.807) is 57.2 Å². The van der Waals surface area contributed by atoms with Crippen molar-refractivity contribution in [3.63, 3.8) is 0 Å². The van der Waals surface area contributed by atoms with Crippen LogP contribution >= 0.6 is 0 Å². The Bertz CT molecular complexity index is 1190. The maximum atomic E-state index is 12.5. The number of nitrogens with two attached hydrogens (primary N) is 1. The standard InChI is InChI=1S/C25H29NO6/c1-14(2)13-30-19-11-10-16(12-20(19)31-15(3)23(26)27)21-17-8-6-7-9-18(17)24(28)32-22(21)25(4,5)29/h6-12,14-15,29H,13H2,1-5H3,(H2,26,27). The number of primary amides is 1. The largest absolute Gasteiger partial charge is 0.489 e. The number of hydrogen-bond donors (Lipinski definition) is 2. The molecule has 7 nitrogen and oxygen atoms in total. The first-order valence-corrected chi connectivity index (χ1v) is 10.5. The van der Waals surface area contributed by atoms with Crippen LogP contribution in [0.5, 0.6) is 11.5 Å². The van der Waals surface area contributed by atoms with Crippen LogP contribution in [-0.2, 0) is 10.4 Å². The average molecular weight is 440 g/mol. The van der Waals surface area contributed by atoms with Gasteiger partial charge < -0.3 is 24.7 Å². The predicted octanol–water partition coefficient (Wildman–Crippen LogP) is 3.97. The Morgan fingerprint density at radius 1 is 1.09 bits per heavy atom. The molecule has 0 saturated carbocycles. The fourth-order valence-corrected chi connectivity index (χ4v) is 3.30. The third kappa shape index (κ3) is 4.94. The summed E-state index contributed by atoms with van der Waals surface area (Å²) < 4.78 is 17.2. The molecule has 32 heavy (non-hydrogen) atoms. The molecule has 0 spiro atoms. The molecule has 0 bridgehead atoms. The van der Waals surface area contributed by atoms with Crippen LogP contribution in [0.15, 0.2) is 51.7 Å². The van der Waals surface area contributed by atoms with E-state index in [2.05, 4.69) is 0 Å². The van der Waals surface area contributed by atoms with Gasteiger partial charge in [0.05, 0.1) is 12.0 Å². The Labute approximate surface area is 186 Å². The van der Waals surface area contributed by atoms with Gasteiger partial charge in [0.25, 0.3) is 5.91 Å². The number of carbonyl (C=O) groups is 1. The molecule has 0 aliphatic carbocycles. The number of rotatable bonds is 8. The minimum atomic E-state index is -1.42. The monoisotopic (exact) mass is 439 g/mol. The highest BCUT2D eigenvalue weighted by Crippen LogP contribution is 2.40. The molecule has 1 heterocycles. The van der Waals surface area contributed by atoms with Crippen molar-refractivity contribution in [1.29, 1.82) is 0 Å². The van der Waals surface area contributed by atoms with Crippen molar-refractivity contribution < 1.29 is 23.8 Å². The molecule has 3 rings (SSSR count). The summed E-state index contributed by atoms with van der Waals surface area (Å²) in [4.78, 5) is 24.2. The molecule has 0 fully saturated rings. The maximum absolute atomic E-state index is 12.5. The lowest BCUT2D eigenvalue weighted by molar-refractivity contribution is -0.124. The molecule has 2 aromatic carbocycles. The zero-order valence-corrected chi connectivity index (χ0v) is 19.0. The number of benzene rings is 2. The van der Waals surface area contributed by atoms with Gasteiger partial charge in [0.1, 0.15) is 11.4 Å². The van der Waals surface area contributed by atoms with Gasteiger partial charge in [-0.15, -0.1) is 0 Å². The zero-order valence-electron chi connectivity index (χ0n) is 19.0. The van der Waals surface area contributed by atoms with Crippen LogP contribution in [0.3, 0.4) is 0 Å². The Morgan fingerprint density at radius 2 is 1.75 bits per heavy atom. The number of amides is 1. The van der Waals surface area contributed by atoms with Gasteiger partial charge in [0.2, 0.25) is 0 Å². The highest BCUT2D eigenvalue weighted by atomic mass is 16.5. The first kappa shape index (κ1) is 23.3. The summed E-state index contributed by atoms with van der Waals surface area (Å²) >= 11 is 0. The fourth-order valence-electron chi connectivity index (χ4n) is 3.30. The van der Waals surface area contributed by atoms with Gasteiger partial charge in [-0.25, -0.2) is 4.79 Å². The minimum absolute atomic E-state index is 0.131.